The molecule has 2 heteroatoms. The fourth-order valence-electron chi connectivity index (χ4n) is 7.83. The zero-order valence-electron chi connectivity index (χ0n) is 34.1. The topological polar surface area (TPSA) is 6.48 Å². The van der Waals surface area contributed by atoms with Crippen molar-refractivity contribution in [3.05, 3.63) is 214 Å². The molecular weight excluding hydrogens is 725 g/mol. The standard InChI is InChI=1S/C58H40N2/c1-59(2)57-27-11-23-53-47(17-9-25-55(53)57)39-37-45-15-7-19-49-43(13-5-21-51(45)49)35-33-41-29-31-42(32-30-41)34-36-44-14-6-22-52-46(16-8-20-50(44)52)38-40-48-18-10-26-56-54(48)24-12-28-58(56)60(3)4/h5-32H,1-4H3. The van der Waals surface area contributed by atoms with Crippen LogP contribution in [0.4, 0.5) is 11.4 Å². The van der Waals surface area contributed by atoms with Gasteiger partial charge in [-0.25, -0.2) is 0 Å². The van der Waals surface area contributed by atoms with Crippen LogP contribution in [0.5, 0.6) is 0 Å². The third-order valence-corrected chi connectivity index (χ3v) is 10.8. The maximum absolute atomic E-state index is 3.48. The van der Waals surface area contributed by atoms with Crippen LogP contribution in [0.3, 0.4) is 0 Å². The molecule has 0 atom stereocenters. The molecule has 0 saturated heterocycles. The highest BCUT2D eigenvalue weighted by atomic mass is 15.1. The molecular formula is C58H40N2. The van der Waals surface area contributed by atoms with Crippen molar-refractivity contribution in [2.75, 3.05) is 38.0 Å². The number of rotatable bonds is 2. The van der Waals surface area contributed by atoms with Crippen LogP contribution >= 0.6 is 0 Å². The van der Waals surface area contributed by atoms with E-state index in [0.29, 0.717) is 0 Å². The van der Waals surface area contributed by atoms with Crippen LogP contribution in [0.2, 0.25) is 0 Å². The normalized spacial score (nSPS) is 10.5. The van der Waals surface area contributed by atoms with Gasteiger partial charge in [0, 0.05) is 94.8 Å². The van der Waals surface area contributed by atoms with Crippen LogP contribution in [-0.4, -0.2) is 28.2 Å². The highest BCUT2D eigenvalue weighted by Crippen LogP contribution is 2.30. The minimum Gasteiger partial charge on any atom is -0.377 e. The third kappa shape index (κ3) is 7.51. The summed E-state index contributed by atoms with van der Waals surface area (Å²) in [6.07, 6.45) is 0. The predicted molar refractivity (Wildman–Crippen MR) is 255 cm³/mol. The van der Waals surface area contributed by atoms with E-state index in [-0.39, 0.29) is 0 Å². The van der Waals surface area contributed by atoms with E-state index < -0.39 is 0 Å². The molecule has 60 heavy (non-hydrogen) atoms. The van der Waals surface area contributed by atoms with E-state index in [9.17, 15) is 0 Å². The van der Waals surface area contributed by atoms with Crippen LogP contribution in [0.25, 0.3) is 43.1 Å². The van der Waals surface area contributed by atoms with Crippen molar-refractivity contribution in [3.63, 3.8) is 0 Å². The number of fused-ring (bicyclic) bond motifs is 4. The summed E-state index contributed by atoms with van der Waals surface area (Å²) in [6, 6.07) is 58.7. The second kappa shape index (κ2) is 16.4. The number of anilines is 2. The van der Waals surface area contributed by atoms with Crippen molar-refractivity contribution < 1.29 is 0 Å². The van der Waals surface area contributed by atoms with E-state index in [4.69, 9.17) is 0 Å². The molecule has 0 fully saturated rings. The Balaban J connectivity index is 0.954. The Kier molecular flexibility index (Phi) is 10.2. The first-order valence-electron chi connectivity index (χ1n) is 20.0. The Morgan fingerprint density at radius 3 is 0.717 bits per heavy atom. The van der Waals surface area contributed by atoms with Crippen molar-refractivity contribution in [2.24, 2.45) is 0 Å². The van der Waals surface area contributed by atoms with Crippen LogP contribution in [0.15, 0.2) is 170 Å². The lowest BCUT2D eigenvalue weighted by Crippen LogP contribution is -2.08. The summed E-state index contributed by atoms with van der Waals surface area (Å²) in [5.41, 5.74) is 10.2. The van der Waals surface area contributed by atoms with Gasteiger partial charge in [0.25, 0.3) is 0 Å². The summed E-state index contributed by atoms with van der Waals surface area (Å²) < 4.78 is 0. The van der Waals surface area contributed by atoms with Gasteiger partial charge in [-0.05, 0) is 105 Å². The Hall–Kier alpha value is -8.14. The van der Waals surface area contributed by atoms with Crippen molar-refractivity contribution in [1.29, 1.82) is 0 Å². The van der Waals surface area contributed by atoms with Crippen molar-refractivity contribution >= 4 is 54.5 Å². The number of nitrogens with zero attached hydrogens (tertiary/aromatic N) is 2. The average molecular weight is 765 g/mol. The van der Waals surface area contributed by atoms with Gasteiger partial charge in [-0.3, -0.25) is 0 Å². The lowest BCUT2D eigenvalue weighted by molar-refractivity contribution is 1.14. The lowest BCUT2D eigenvalue weighted by Gasteiger charge is -2.15. The molecule has 0 heterocycles. The van der Waals surface area contributed by atoms with E-state index in [1.807, 2.05) is 24.3 Å². The smallest absolute Gasteiger partial charge is 0.0441 e. The molecule has 9 aromatic rings. The lowest BCUT2D eigenvalue weighted by atomic mass is 9.99. The van der Waals surface area contributed by atoms with Crippen molar-refractivity contribution in [2.45, 2.75) is 0 Å². The Labute approximate surface area is 352 Å². The Morgan fingerprint density at radius 1 is 0.233 bits per heavy atom. The summed E-state index contributed by atoms with van der Waals surface area (Å²) >= 11 is 0. The minimum absolute atomic E-state index is 0.930. The third-order valence-electron chi connectivity index (χ3n) is 10.8. The van der Waals surface area contributed by atoms with E-state index in [0.717, 1.165) is 76.8 Å². The van der Waals surface area contributed by atoms with Crippen molar-refractivity contribution in [1.82, 2.24) is 0 Å². The quantitative estimate of drug-likeness (QED) is 0.162. The second-order valence-corrected chi connectivity index (χ2v) is 15.1. The molecule has 0 unspecified atom stereocenters. The number of benzene rings is 9. The molecule has 0 aliphatic rings. The van der Waals surface area contributed by atoms with E-state index in [1.165, 1.54) is 22.1 Å². The molecule has 9 rings (SSSR count). The van der Waals surface area contributed by atoms with Crippen LogP contribution in [-0.2, 0) is 0 Å². The SMILES string of the molecule is CN(C)c1cccc2c(C#Cc3cccc4c(C#Cc5ccc(C#Cc6cccc7c(C#Cc8cccc9c(N(C)C)cccc89)cccc67)cc5)cccc34)cccc12. The van der Waals surface area contributed by atoms with Gasteiger partial charge in [-0.1, -0.05) is 144 Å². The van der Waals surface area contributed by atoms with Gasteiger partial charge in [0.1, 0.15) is 0 Å². The van der Waals surface area contributed by atoms with Crippen molar-refractivity contribution in [3.8, 4) is 47.4 Å². The molecule has 282 valence electrons. The molecule has 0 bridgehead atoms. The van der Waals surface area contributed by atoms with E-state index in [2.05, 4.69) is 231 Å². The molecule has 9 aromatic carbocycles. The highest BCUT2D eigenvalue weighted by Gasteiger charge is 2.08. The molecule has 2 nitrogen and oxygen atoms in total. The van der Waals surface area contributed by atoms with Gasteiger partial charge in [0.05, 0.1) is 0 Å². The second-order valence-electron chi connectivity index (χ2n) is 15.1. The summed E-state index contributed by atoms with van der Waals surface area (Å²) in [7, 11) is 8.29. The first kappa shape index (κ1) is 37.4. The summed E-state index contributed by atoms with van der Waals surface area (Å²) in [6.45, 7) is 0. The maximum atomic E-state index is 3.48. The highest BCUT2D eigenvalue weighted by molar-refractivity contribution is 6.00. The largest absolute Gasteiger partial charge is 0.377 e. The molecule has 0 aliphatic carbocycles. The minimum atomic E-state index is 0.930. The van der Waals surface area contributed by atoms with Crippen LogP contribution in [0.1, 0.15) is 44.5 Å². The van der Waals surface area contributed by atoms with Crippen LogP contribution < -0.4 is 9.80 Å². The first-order chi connectivity index (χ1) is 29.4. The fraction of sp³-hybridized carbons (Fsp3) is 0.0690. The number of hydrogen-bond acceptors (Lipinski definition) is 2. The van der Waals surface area contributed by atoms with Gasteiger partial charge in [0.2, 0.25) is 0 Å². The monoisotopic (exact) mass is 764 g/mol. The molecule has 0 N–H and O–H groups in total. The molecule has 0 aromatic heterocycles. The Bertz CT molecular complexity index is 3160. The predicted octanol–water partition coefficient (Wildman–Crippen LogP) is 12.0. The molecule has 0 saturated carbocycles. The zero-order chi connectivity index (χ0) is 41.0. The molecule has 0 radical (unpaired) electrons. The molecule has 0 spiro atoms. The van der Waals surface area contributed by atoms with Gasteiger partial charge in [-0.15, -0.1) is 0 Å². The molecule has 0 aliphatic heterocycles. The van der Waals surface area contributed by atoms with Gasteiger partial charge in [0.15, 0.2) is 0 Å². The first-order valence-corrected chi connectivity index (χ1v) is 20.0. The van der Waals surface area contributed by atoms with E-state index in [1.54, 1.807) is 0 Å². The summed E-state index contributed by atoms with van der Waals surface area (Å²) in [5, 5.41) is 9.05. The van der Waals surface area contributed by atoms with Gasteiger partial charge >= 0.3 is 0 Å². The summed E-state index contributed by atoms with van der Waals surface area (Å²) in [4.78, 5) is 4.28. The fourth-order valence-corrected chi connectivity index (χ4v) is 7.83. The number of hydrogen-bond donors (Lipinski definition) is 0. The Morgan fingerprint density at radius 2 is 0.450 bits per heavy atom. The maximum Gasteiger partial charge on any atom is 0.0441 e. The molecule has 0 amide bonds. The van der Waals surface area contributed by atoms with E-state index >= 15 is 0 Å². The van der Waals surface area contributed by atoms with Gasteiger partial charge in [-0.2, -0.15) is 0 Å². The zero-order valence-corrected chi connectivity index (χ0v) is 34.1. The van der Waals surface area contributed by atoms with Crippen LogP contribution in [0, 0.1) is 47.4 Å². The van der Waals surface area contributed by atoms with Gasteiger partial charge < -0.3 is 9.80 Å². The summed E-state index contributed by atoms with van der Waals surface area (Å²) in [5.74, 6) is 27.5. The average Bonchev–Trinajstić information content (AvgIpc) is 3.28.